The molecular weight excluding hydrogens is 302 g/mol. The van der Waals surface area contributed by atoms with Crippen LogP contribution in [-0.4, -0.2) is 5.11 Å². The van der Waals surface area contributed by atoms with Crippen molar-refractivity contribution < 1.29 is 5.11 Å². The molecule has 1 unspecified atom stereocenters. The Bertz CT molecular complexity index is 568. The van der Waals surface area contributed by atoms with Crippen molar-refractivity contribution in [3.63, 3.8) is 0 Å². The Kier molecular flexibility index (Phi) is 4.48. The van der Waals surface area contributed by atoms with Crippen LogP contribution in [-0.2, 0) is 0 Å². The van der Waals surface area contributed by atoms with Gasteiger partial charge in [-0.25, -0.2) is 0 Å². The molecule has 0 aliphatic rings. The number of para-hydroxylation sites is 1. The molecule has 0 aliphatic carbocycles. The van der Waals surface area contributed by atoms with Crippen LogP contribution in [0.1, 0.15) is 30.5 Å². The average Bonchev–Trinajstić information content (AvgIpc) is 2.39. The van der Waals surface area contributed by atoms with Crippen LogP contribution < -0.4 is 5.32 Å². The Morgan fingerprint density at radius 3 is 2.58 bits per heavy atom. The average molecular weight is 320 g/mol. The van der Waals surface area contributed by atoms with E-state index >= 15 is 0 Å². The normalized spacial score (nSPS) is 12.2. The van der Waals surface area contributed by atoms with Crippen molar-refractivity contribution in [2.75, 3.05) is 5.32 Å². The number of phenolic OH excluding ortho intramolecular Hbond substituents is 1. The van der Waals surface area contributed by atoms with Gasteiger partial charge in [-0.1, -0.05) is 31.2 Å². The summed E-state index contributed by atoms with van der Waals surface area (Å²) in [6.07, 6.45) is 0.901. The molecule has 100 valence electrons. The van der Waals surface area contributed by atoms with Gasteiger partial charge in [-0.3, -0.25) is 0 Å². The van der Waals surface area contributed by atoms with Crippen molar-refractivity contribution in [3.8, 4) is 5.75 Å². The standard InChI is InChI=1S/C16H18BrNO/c1-3-14(12-6-4-5-7-16(12)19)18-15-9-8-11(2)10-13(15)17/h4-10,14,18-19H,3H2,1-2H3. The molecule has 0 aliphatic heterocycles. The summed E-state index contributed by atoms with van der Waals surface area (Å²) >= 11 is 3.57. The first-order chi connectivity index (χ1) is 9.11. The SMILES string of the molecule is CCC(Nc1ccc(C)cc1Br)c1ccccc1O. The molecule has 2 nitrogen and oxygen atoms in total. The monoisotopic (exact) mass is 319 g/mol. The smallest absolute Gasteiger partial charge is 0.120 e. The topological polar surface area (TPSA) is 32.3 Å². The molecule has 0 fully saturated rings. The number of benzene rings is 2. The fraction of sp³-hybridized carbons (Fsp3) is 0.250. The highest BCUT2D eigenvalue weighted by Gasteiger charge is 2.13. The van der Waals surface area contributed by atoms with Crippen LogP contribution in [0.25, 0.3) is 0 Å². The van der Waals surface area contributed by atoms with Crippen LogP contribution in [0, 0.1) is 6.92 Å². The molecular formula is C16H18BrNO. The highest BCUT2D eigenvalue weighted by molar-refractivity contribution is 9.10. The third-order valence-corrected chi connectivity index (χ3v) is 3.83. The van der Waals surface area contributed by atoms with Gasteiger partial charge in [0.2, 0.25) is 0 Å². The first-order valence-corrected chi connectivity index (χ1v) is 7.21. The van der Waals surface area contributed by atoms with Crippen molar-refractivity contribution in [3.05, 3.63) is 58.1 Å². The molecule has 0 radical (unpaired) electrons. The lowest BCUT2D eigenvalue weighted by Crippen LogP contribution is -2.10. The van der Waals surface area contributed by atoms with Crippen LogP contribution >= 0.6 is 15.9 Å². The van der Waals surface area contributed by atoms with E-state index in [0.717, 1.165) is 22.1 Å². The number of aromatic hydroxyl groups is 1. The zero-order valence-corrected chi connectivity index (χ0v) is 12.7. The van der Waals surface area contributed by atoms with E-state index in [4.69, 9.17) is 0 Å². The summed E-state index contributed by atoms with van der Waals surface area (Å²) in [5.41, 5.74) is 3.19. The van der Waals surface area contributed by atoms with E-state index in [9.17, 15) is 5.11 Å². The molecule has 0 saturated heterocycles. The highest BCUT2D eigenvalue weighted by Crippen LogP contribution is 2.32. The molecule has 0 heterocycles. The minimum absolute atomic E-state index is 0.0974. The number of halogens is 1. The van der Waals surface area contributed by atoms with Crippen molar-refractivity contribution in [2.24, 2.45) is 0 Å². The van der Waals surface area contributed by atoms with Crippen LogP contribution in [0.15, 0.2) is 46.9 Å². The second kappa shape index (κ2) is 6.11. The van der Waals surface area contributed by atoms with Crippen LogP contribution in [0.5, 0.6) is 5.75 Å². The molecule has 0 amide bonds. The van der Waals surface area contributed by atoms with Crippen molar-refractivity contribution in [1.29, 1.82) is 0 Å². The minimum Gasteiger partial charge on any atom is -0.508 e. The number of nitrogens with one attached hydrogen (secondary N) is 1. The maximum Gasteiger partial charge on any atom is 0.120 e. The van der Waals surface area contributed by atoms with Crippen molar-refractivity contribution in [2.45, 2.75) is 26.3 Å². The lowest BCUT2D eigenvalue weighted by molar-refractivity contribution is 0.463. The first-order valence-electron chi connectivity index (χ1n) is 6.42. The fourth-order valence-corrected chi connectivity index (χ4v) is 2.71. The molecule has 1 atom stereocenters. The quantitative estimate of drug-likeness (QED) is 0.828. The maximum absolute atomic E-state index is 9.95. The van der Waals surface area contributed by atoms with Gasteiger partial charge in [0, 0.05) is 15.7 Å². The van der Waals surface area contributed by atoms with Gasteiger partial charge in [-0.05, 0) is 53.0 Å². The van der Waals surface area contributed by atoms with E-state index in [0.29, 0.717) is 5.75 Å². The van der Waals surface area contributed by atoms with E-state index in [2.05, 4.69) is 53.3 Å². The number of hydrogen-bond donors (Lipinski definition) is 2. The molecule has 3 heteroatoms. The Hall–Kier alpha value is -1.48. The summed E-state index contributed by atoms with van der Waals surface area (Å²) in [5.74, 6) is 0.338. The predicted octanol–water partition coefficient (Wildman–Crippen LogP) is 5.03. The van der Waals surface area contributed by atoms with Gasteiger partial charge >= 0.3 is 0 Å². The third kappa shape index (κ3) is 3.29. The lowest BCUT2D eigenvalue weighted by atomic mass is 10.0. The first kappa shape index (κ1) is 13.9. The van der Waals surface area contributed by atoms with E-state index < -0.39 is 0 Å². The van der Waals surface area contributed by atoms with Gasteiger partial charge in [-0.15, -0.1) is 0 Å². The van der Waals surface area contributed by atoms with E-state index in [1.165, 1.54) is 5.56 Å². The lowest BCUT2D eigenvalue weighted by Gasteiger charge is -2.20. The van der Waals surface area contributed by atoms with E-state index in [-0.39, 0.29) is 6.04 Å². The van der Waals surface area contributed by atoms with Gasteiger partial charge in [0.05, 0.1) is 6.04 Å². The zero-order chi connectivity index (χ0) is 13.8. The highest BCUT2D eigenvalue weighted by atomic mass is 79.9. The number of anilines is 1. The number of aryl methyl sites for hydroxylation is 1. The Morgan fingerprint density at radius 2 is 1.95 bits per heavy atom. The summed E-state index contributed by atoms with van der Waals surface area (Å²) in [5, 5.41) is 13.4. The number of rotatable bonds is 4. The molecule has 0 spiro atoms. The molecule has 2 aromatic rings. The van der Waals surface area contributed by atoms with Crippen LogP contribution in [0.2, 0.25) is 0 Å². The molecule has 0 saturated carbocycles. The summed E-state index contributed by atoms with van der Waals surface area (Å²) in [6.45, 7) is 4.17. The summed E-state index contributed by atoms with van der Waals surface area (Å²) in [4.78, 5) is 0. The molecule has 0 aromatic heterocycles. The van der Waals surface area contributed by atoms with Crippen LogP contribution in [0.4, 0.5) is 5.69 Å². The summed E-state index contributed by atoms with van der Waals surface area (Å²) in [6, 6.07) is 13.8. The van der Waals surface area contributed by atoms with Crippen LogP contribution in [0.3, 0.4) is 0 Å². The predicted molar refractivity (Wildman–Crippen MR) is 83.6 cm³/mol. The number of phenols is 1. The largest absolute Gasteiger partial charge is 0.508 e. The third-order valence-electron chi connectivity index (χ3n) is 3.17. The van der Waals surface area contributed by atoms with Crippen molar-refractivity contribution in [1.82, 2.24) is 0 Å². The van der Waals surface area contributed by atoms with E-state index in [1.807, 2.05) is 18.2 Å². The Morgan fingerprint density at radius 1 is 1.21 bits per heavy atom. The second-order valence-corrected chi connectivity index (χ2v) is 5.50. The van der Waals surface area contributed by atoms with Gasteiger partial charge < -0.3 is 10.4 Å². The minimum atomic E-state index is 0.0974. The number of hydrogen-bond acceptors (Lipinski definition) is 2. The van der Waals surface area contributed by atoms with Gasteiger partial charge in [0.15, 0.2) is 0 Å². The van der Waals surface area contributed by atoms with Gasteiger partial charge in [0.25, 0.3) is 0 Å². The summed E-state index contributed by atoms with van der Waals surface area (Å²) < 4.78 is 1.04. The zero-order valence-electron chi connectivity index (χ0n) is 11.2. The molecule has 2 N–H and O–H groups in total. The Balaban J connectivity index is 2.27. The Labute approximate surface area is 122 Å². The molecule has 2 rings (SSSR count). The van der Waals surface area contributed by atoms with Gasteiger partial charge in [-0.2, -0.15) is 0 Å². The van der Waals surface area contributed by atoms with E-state index in [1.54, 1.807) is 6.07 Å². The molecule has 0 bridgehead atoms. The van der Waals surface area contributed by atoms with Gasteiger partial charge in [0.1, 0.15) is 5.75 Å². The maximum atomic E-state index is 9.95. The molecule has 2 aromatic carbocycles. The van der Waals surface area contributed by atoms with Crippen molar-refractivity contribution >= 4 is 21.6 Å². The second-order valence-electron chi connectivity index (χ2n) is 4.65. The molecule has 19 heavy (non-hydrogen) atoms. The fourth-order valence-electron chi connectivity index (χ4n) is 2.11. The summed E-state index contributed by atoms with van der Waals surface area (Å²) in [7, 11) is 0.